The monoisotopic (exact) mass is 918 g/mol. The van der Waals surface area contributed by atoms with E-state index in [2.05, 4.69) is 0 Å². The van der Waals surface area contributed by atoms with Gasteiger partial charge in [-0.2, -0.15) is 26.3 Å². The molecule has 0 spiro atoms. The topological polar surface area (TPSA) is 175 Å². The number of halogens is 6. The number of sulfonamides is 2. The summed E-state index contributed by atoms with van der Waals surface area (Å²) in [6, 6.07) is 17.9. The van der Waals surface area contributed by atoms with E-state index in [0.717, 1.165) is 32.9 Å². The molecule has 2 aliphatic rings. The van der Waals surface area contributed by atoms with Crippen molar-refractivity contribution in [2.45, 2.75) is 60.6 Å². The molecule has 2 unspecified atom stereocenters. The van der Waals surface area contributed by atoms with Crippen molar-refractivity contribution in [2.75, 3.05) is 48.3 Å². The van der Waals surface area contributed by atoms with E-state index >= 15 is 0 Å². The lowest BCUT2D eigenvalue weighted by molar-refractivity contribution is -0.160. The summed E-state index contributed by atoms with van der Waals surface area (Å²) in [7, 11) is -9.36. The molecule has 0 aliphatic carbocycles. The Morgan fingerprint density at radius 3 is 1.39 bits per heavy atom. The van der Waals surface area contributed by atoms with Crippen LogP contribution in [-0.4, -0.2) is 91.2 Å². The SMILES string of the molecule is CC(C)(C)OC(=O)COCC1COc2ccccc2N1S(=O)(=O)c1ccccc1C(F)(F)F.O=C(O)COCC1COc2ccccc2N1S(=O)(=O)c1ccccc1C(F)(F)F. The van der Waals surface area contributed by atoms with Crippen LogP contribution in [0.25, 0.3) is 0 Å². The Hall–Kier alpha value is -5.58. The molecule has 22 heteroatoms. The Kier molecular flexibility index (Phi) is 14.4. The third-order valence-corrected chi connectivity index (χ3v) is 12.5. The fourth-order valence-corrected chi connectivity index (χ4v) is 10.00. The molecular weight excluding hydrogens is 879 g/mol. The quantitative estimate of drug-likeness (QED) is 0.117. The van der Waals surface area contributed by atoms with Gasteiger partial charge in [-0.1, -0.05) is 48.5 Å². The van der Waals surface area contributed by atoms with Crippen LogP contribution in [0.3, 0.4) is 0 Å². The number of fused-ring (bicyclic) bond motifs is 2. The van der Waals surface area contributed by atoms with E-state index in [-0.39, 0.29) is 49.3 Å². The predicted molar refractivity (Wildman–Crippen MR) is 209 cm³/mol. The number of rotatable bonds is 12. The number of carbonyl (C=O) groups excluding carboxylic acids is 1. The highest BCUT2D eigenvalue weighted by Crippen LogP contribution is 2.43. The van der Waals surface area contributed by atoms with Crippen molar-refractivity contribution >= 4 is 43.4 Å². The van der Waals surface area contributed by atoms with E-state index in [9.17, 15) is 52.8 Å². The number of hydrogen-bond acceptors (Lipinski definition) is 11. The summed E-state index contributed by atoms with van der Waals surface area (Å²) >= 11 is 0. The smallest absolute Gasteiger partial charge is 0.417 e. The van der Waals surface area contributed by atoms with E-state index < -0.39 is 96.2 Å². The van der Waals surface area contributed by atoms with E-state index in [0.29, 0.717) is 12.1 Å². The van der Waals surface area contributed by atoms with Crippen LogP contribution in [0.5, 0.6) is 11.5 Å². The van der Waals surface area contributed by atoms with Gasteiger partial charge in [0.2, 0.25) is 0 Å². The molecule has 62 heavy (non-hydrogen) atoms. The van der Waals surface area contributed by atoms with Crippen molar-refractivity contribution < 1.29 is 81.6 Å². The maximum Gasteiger partial charge on any atom is 0.417 e. The van der Waals surface area contributed by atoms with Gasteiger partial charge in [-0.15, -0.1) is 0 Å². The largest absolute Gasteiger partial charge is 0.489 e. The highest BCUT2D eigenvalue weighted by atomic mass is 32.2. The second-order valence-corrected chi connectivity index (χ2v) is 18.0. The summed E-state index contributed by atoms with van der Waals surface area (Å²) in [6.07, 6.45) is -9.76. The van der Waals surface area contributed by atoms with Crippen LogP contribution in [-0.2, 0) is 56.2 Å². The Morgan fingerprint density at radius 2 is 1.00 bits per heavy atom. The lowest BCUT2D eigenvalue weighted by Crippen LogP contribution is -2.49. The van der Waals surface area contributed by atoms with Gasteiger partial charge in [0.15, 0.2) is 0 Å². The minimum atomic E-state index is -4.88. The van der Waals surface area contributed by atoms with Gasteiger partial charge < -0.3 is 28.8 Å². The molecule has 2 atom stereocenters. The first-order valence-corrected chi connectivity index (χ1v) is 21.2. The zero-order chi connectivity index (χ0) is 45.7. The minimum Gasteiger partial charge on any atom is -0.489 e. The average molecular weight is 919 g/mol. The lowest BCUT2D eigenvalue weighted by atomic mass is 10.2. The van der Waals surface area contributed by atoms with Gasteiger partial charge in [0, 0.05) is 0 Å². The summed E-state index contributed by atoms with van der Waals surface area (Å²) in [5.41, 5.74) is -3.19. The number of nitrogens with zero attached hydrogens (tertiary/aromatic N) is 2. The number of hydrogen-bond donors (Lipinski definition) is 1. The zero-order valence-electron chi connectivity index (χ0n) is 33.1. The van der Waals surface area contributed by atoms with Gasteiger partial charge in [0.05, 0.1) is 45.5 Å². The number of carboxylic acids is 1. The fourth-order valence-electron chi connectivity index (χ4n) is 6.30. The normalized spacial score (nSPS) is 16.7. The maximum atomic E-state index is 13.6. The number of aliphatic carboxylic acids is 1. The average Bonchev–Trinajstić information content (AvgIpc) is 3.19. The molecule has 2 heterocycles. The molecule has 0 saturated heterocycles. The third-order valence-electron chi connectivity index (χ3n) is 8.68. The van der Waals surface area contributed by atoms with Crippen LogP contribution in [0.2, 0.25) is 0 Å². The van der Waals surface area contributed by atoms with Crippen LogP contribution >= 0.6 is 0 Å². The first kappa shape index (κ1) is 47.5. The van der Waals surface area contributed by atoms with E-state index in [1.165, 1.54) is 42.5 Å². The number of ether oxygens (including phenoxy) is 5. The standard InChI is InChI=1S/C22H24F3NO6S.C18H16F3NO6S/c1-21(2,3)32-20(27)14-30-12-15-13-31-18-10-6-5-9-17(18)26(15)33(28,29)19-11-7-4-8-16(19)22(23,24)25;19-18(20,21)13-5-1-4-8-16(13)29(25,26)22-12(9-27-11-17(23)24)10-28-15-7-3-2-6-14(15)22/h4-11,15H,12-14H2,1-3H3;1-8,12H,9-11H2,(H,23,24). The molecule has 0 bridgehead atoms. The summed E-state index contributed by atoms with van der Waals surface area (Å²) in [5.74, 6) is -1.54. The fraction of sp³-hybridized carbons (Fsp3) is 0.350. The summed E-state index contributed by atoms with van der Waals surface area (Å²) in [5, 5.41) is 8.72. The molecule has 0 radical (unpaired) electrons. The molecule has 0 saturated carbocycles. The van der Waals surface area contributed by atoms with Crippen molar-refractivity contribution in [1.29, 1.82) is 0 Å². The van der Waals surface area contributed by atoms with Gasteiger partial charge in [-0.3, -0.25) is 8.61 Å². The third kappa shape index (κ3) is 11.3. The molecule has 14 nitrogen and oxygen atoms in total. The molecule has 4 aromatic rings. The Balaban J connectivity index is 0.000000236. The number of benzene rings is 4. The predicted octanol–water partition coefficient (Wildman–Crippen LogP) is 6.78. The zero-order valence-corrected chi connectivity index (χ0v) is 34.7. The lowest BCUT2D eigenvalue weighted by Gasteiger charge is -2.37. The van der Waals surface area contributed by atoms with Crippen molar-refractivity contribution in [3.63, 3.8) is 0 Å². The Bertz CT molecular complexity index is 2460. The molecule has 6 rings (SSSR count). The molecular formula is C40H40F6N2O12S2. The Labute approximate surface area is 352 Å². The minimum absolute atomic E-state index is 0.0413. The second-order valence-electron chi connectivity index (χ2n) is 14.5. The first-order valence-electron chi connectivity index (χ1n) is 18.4. The van der Waals surface area contributed by atoms with Crippen molar-refractivity contribution in [3.8, 4) is 11.5 Å². The molecule has 0 amide bonds. The summed E-state index contributed by atoms with van der Waals surface area (Å²) in [6.45, 7) is 2.82. The molecule has 0 aromatic heterocycles. The van der Waals surface area contributed by atoms with Gasteiger partial charge in [0.25, 0.3) is 20.0 Å². The molecule has 336 valence electrons. The Morgan fingerprint density at radius 1 is 0.629 bits per heavy atom. The van der Waals surface area contributed by atoms with E-state index in [1.807, 2.05) is 0 Å². The number of carbonyl (C=O) groups is 2. The number of para-hydroxylation sites is 4. The number of alkyl halides is 6. The van der Waals surface area contributed by atoms with E-state index in [1.54, 1.807) is 39.0 Å². The molecule has 1 N–H and O–H groups in total. The number of anilines is 2. The van der Waals surface area contributed by atoms with Gasteiger partial charge in [-0.25, -0.2) is 26.4 Å². The van der Waals surface area contributed by atoms with Crippen LogP contribution < -0.4 is 18.1 Å². The van der Waals surface area contributed by atoms with Gasteiger partial charge >= 0.3 is 24.3 Å². The van der Waals surface area contributed by atoms with Gasteiger partial charge in [-0.05, 0) is 69.3 Å². The van der Waals surface area contributed by atoms with Gasteiger partial charge in [0.1, 0.15) is 55.6 Å². The van der Waals surface area contributed by atoms with Crippen molar-refractivity contribution in [3.05, 3.63) is 108 Å². The first-order chi connectivity index (χ1) is 28.9. The van der Waals surface area contributed by atoms with Crippen molar-refractivity contribution in [1.82, 2.24) is 0 Å². The summed E-state index contributed by atoms with van der Waals surface area (Å²) in [4.78, 5) is 20.8. The van der Waals surface area contributed by atoms with Crippen molar-refractivity contribution in [2.24, 2.45) is 0 Å². The maximum absolute atomic E-state index is 13.6. The number of esters is 1. The van der Waals surface area contributed by atoms with E-state index in [4.69, 9.17) is 28.8 Å². The second kappa shape index (κ2) is 18.8. The number of carboxylic acid groups (broad SMARTS) is 1. The summed E-state index contributed by atoms with van der Waals surface area (Å²) < 4.78 is 163. The van der Waals surface area contributed by atoms with Crippen LogP contribution in [0.1, 0.15) is 31.9 Å². The molecule has 2 aliphatic heterocycles. The van der Waals surface area contributed by atoms with Crippen LogP contribution in [0.15, 0.2) is 107 Å². The van der Waals surface area contributed by atoms with Crippen LogP contribution in [0.4, 0.5) is 37.7 Å². The highest BCUT2D eigenvalue weighted by Gasteiger charge is 2.45. The van der Waals surface area contributed by atoms with Crippen LogP contribution in [0, 0.1) is 0 Å². The highest BCUT2D eigenvalue weighted by molar-refractivity contribution is 7.93. The molecule has 0 fully saturated rings. The molecule has 4 aromatic carbocycles.